The number of hydrogen-bond acceptors (Lipinski definition) is 4. The van der Waals surface area contributed by atoms with Gasteiger partial charge in [0.25, 0.3) is 0 Å². The fraction of sp³-hybridized carbons (Fsp3) is 0.818. The zero-order chi connectivity index (χ0) is 12.8. The number of amides is 1. The smallest absolute Gasteiger partial charge is 0.328 e. The molecule has 0 aliphatic carbocycles. The van der Waals surface area contributed by atoms with Crippen molar-refractivity contribution in [3.8, 4) is 0 Å². The summed E-state index contributed by atoms with van der Waals surface area (Å²) in [6.07, 6.45) is 1.88. The molecule has 0 heterocycles. The molecule has 0 saturated carbocycles. The summed E-state index contributed by atoms with van der Waals surface area (Å²) in [6.45, 7) is 5.42. The molecule has 0 saturated heterocycles. The van der Waals surface area contributed by atoms with Crippen LogP contribution in [-0.4, -0.2) is 30.6 Å². The van der Waals surface area contributed by atoms with Gasteiger partial charge in [0.15, 0.2) is 0 Å². The third kappa shape index (κ3) is 4.18. The van der Waals surface area contributed by atoms with Gasteiger partial charge in [-0.15, -0.1) is 0 Å². The van der Waals surface area contributed by atoms with E-state index in [-0.39, 0.29) is 5.91 Å². The topological polar surface area (TPSA) is 81.4 Å². The van der Waals surface area contributed by atoms with E-state index in [0.717, 1.165) is 6.42 Å². The second kappa shape index (κ2) is 6.48. The number of rotatable bonds is 6. The van der Waals surface area contributed by atoms with E-state index in [0.29, 0.717) is 12.8 Å². The first-order valence-corrected chi connectivity index (χ1v) is 5.56. The molecule has 2 unspecified atom stereocenters. The molecule has 0 aromatic carbocycles. The van der Waals surface area contributed by atoms with Crippen molar-refractivity contribution in [2.45, 2.75) is 51.6 Å². The Morgan fingerprint density at radius 2 is 2.00 bits per heavy atom. The van der Waals surface area contributed by atoms with Crippen molar-refractivity contribution < 1.29 is 14.3 Å². The quantitative estimate of drug-likeness (QED) is 0.654. The van der Waals surface area contributed by atoms with Crippen LogP contribution in [0.4, 0.5) is 0 Å². The molecule has 1 amide bonds. The van der Waals surface area contributed by atoms with Crippen molar-refractivity contribution in [2.24, 2.45) is 5.73 Å². The molecular formula is C11H22N2O3. The molecule has 5 nitrogen and oxygen atoms in total. The molecule has 2 atom stereocenters. The Morgan fingerprint density at radius 1 is 1.44 bits per heavy atom. The Bertz CT molecular complexity index is 252. The van der Waals surface area contributed by atoms with Crippen LogP contribution in [0.5, 0.6) is 0 Å². The predicted molar refractivity (Wildman–Crippen MR) is 61.7 cm³/mol. The molecule has 0 bridgehead atoms. The van der Waals surface area contributed by atoms with E-state index in [1.807, 2.05) is 6.92 Å². The van der Waals surface area contributed by atoms with E-state index >= 15 is 0 Å². The summed E-state index contributed by atoms with van der Waals surface area (Å²) in [4.78, 5) is 23.1. The molecule has 5 heteroatoms. The number of methoxy groups -OCH3 is 1. The summed E-state index contributed by atoms with van der Waals surface area (Å²) in [5, 5.41) is 2.60. The number of esters is 1. The number of carbonyl (C=O) groups is 2. The zero-order valence-electron chi connectivity index (χ0n) is 10.5. The van der Waals surface area contributed by atoms with Crippen LogP contribution in [0.2, 0.25) is 0 Å². The predicted octanol–water partition coefficient (Wildman–Crippen LogP) is 0.572. The molecule has 0 aliphatic rings. The molecule has 16 heavy (non-hydrogen) atoms. The molecule has 0 aromatic rings. The van der Waals surface area contributed by atoms with Crippen molar-refractivity contribution in [2.75, 3.05) is 7.11 Å². The highest BCUT2D eigenvalue weighted by Gasteiger charge is 2.30. The highest BCUT2D eigenvalue weighted by atomic mass is 16.5. The number of carbonyl (C=O) groups excluding carboxylic acids is 2. The first-order valence-electron chi connectivity index (χ1n) is 5.56. The van der Waals surface area contributed by atoms with Gasteiger partial charge >= 0.3 is 5.97 Å². The lowest BCUT2D eigenvalue weighted by Gasteiger charge is -2.25. The number of ether oxygens (including phenoxy) is 1. The molecular weight excluding hydrogens is 208 g/mol. The van der Waals surface area contributed by atoms with Gasteiger partial charge in [-0.2, -0.15) is 0 Å². The largest absolute Gasteiger partial charge is 0.467 e. The van der Waals surface area contributed by atoms with Gasteiger partial charge in [-0.1, -0.05) is 20.3 Å². The summed E-state index contributed by atoms with van der Waals surface area (Å²) in [6, 6.07) is -0.614. The number of nitrogens with two attached hydrogens (primary N) is 1. The summed E-state index contributed by atoms with van der Waals surface area (Å²) in [5.74, 6) is -0.755. The fourth-order valence-corrected chi connectivity index (χ4v) is 1.43. The van der Waals surface area contributed by atoms with Gasteiger partial charge in [-0.25, -0.2) is 4.79 Å². The van der Waals surface area contributed by atoms with E-state index in [1.54, 1.807) is 13.8 Å². The van der Waals surface area contributed by atoms with Crippen molar-refractivity contribution in [1.82, 2.24) is 5.32 Å². The minimum Gasteiger partial charge on any atom is -0.467 e. The Labute approximate surface area is 96.7 Å². The monoisotopic (exact) mass is 230 g/mol. The maximum absolute atomic E-state index is 11.8. The van der Waals surface area contributed by atoms with Crippen LogP contribution >= 0.6 is 0 Å². The molecule has 3 N–H and O–H groups in total. The Balaban J connectivity index is 4.46. The van der Waals surface area contributed by atoms with Gasteiger partial charge in [-0.3, -0.25) is 4.79 Å². The van der Waals surface area contributed by atoms with Crippen LogP contribution in [0.3, 0.4) is 0 Å². The van der Waals surface area contributed by atoms with Crippen molar-refractivity contribution >= 4 is 11.9 Å². The van der Waals surface area contributed by atoms with Gasteiger partial charge in [0.05, 0.1) is 12.6 Å². The number of nitrogens with one attached hydrogen (secondary N) is 1. The molecule has 0 fully saturated rings. The summed E-state index contributed by atoms with van der Waals surface area (Å²) < 4.78 is 4.58. The average molecular weight is 230 g/mol. The molecule has 0 spiro atoms. The fourth-order valence-electron chi connectivity index (χ4n) is 1.43. The zero-order valence-corrected chi connectivity index (χ0v) is 10.5. The number of hydrogen-bond donors (Lipinski definition) is 2. The van der Waals surface area contributed by atoms with Crippen molar-refractivity contribution in [3.63, 3.8) is 0 Å². The van der Waals surface area contributed by atoms with Crippen LogP contribution in [0, 0.1) is 0 Å². The molecule has 0 aromatic heterocycles. The SMILES string of the molecule is CCCC(C)(N)C(=O)NC(CC)C(=O)OC. The van der Waals surface area contributed by atoms with Gasteiger partial charge in [0.1, 0.15) is 6.04 Å². The van der Waals surface area contributed by atoms with E-state index < -0.39 is 17.6 Å². The second-order valence-electron chi connectivity index (χ2n) is 4.12. The standard InChI is InChI=1S/C11H22N2O3/c1-5-7-11(3,12)10(15)13-8(6-2)9(14)16-4/h8H,5-7,12H2,1-4H3,(H,13,15). The summed E-state index contributed by atoms with van der Waals surface area (Å²) >= 11 is 0. The van der Waals surface area contributed by atoms with Crippen LogP contribution in [0.15, 0.2) is 0 Å². The molecule has 94 valence electrons. The maximum atomic E-state index is 11.8. The normalized spacial score (nSPS) is 16.1. The van der Waals surface area contributed by atoms with Crippen LogP contribution in [-0.2, 0) is 14.3 Å². The lowest BCUT2D eigenvalue weighted by atomic mass is 9.96. The summed E-state index contributed by atoms with van der Waals surface area (Å²) in [5.41, 5.74) is 4.92. The van der Waals surface area contributed by atoms with Gasteiger partial charge in [0.2, 0.25) is 5.91 Å². The highest BCUT2D eigenvalue weighted by Crippen LogP contribution is 2.09. The average Bonchev–Trinajstić information content (AvgIpc) is 2.24. The highest BCUT2D eigenvalue weighted by molar-refractivity contribution is 5.89. The lowest BCUT2D eigenvalue weighted by molar-refractivity contribution is -0.145. The van der Waals surface area contributed by atoms with Crippen LogP contribution in [0.1, 0.15) is 40.0 Å². The van der Waals surface area contributed by atoms with Gasteiger partial charge in [0, 0.05) is 0 Å². The second-order valence-corrected chi connectivity index (χ2v) is 4.12. The van der Waals surface area contributed by atoms with E-state index in [9.17, 15) is 9.59 Å². The Kier molecular flexibility index (Phi) is 6.03. The van der Waals surface area contributed by atoms with Crippen LogP contribution < -0.4 is 11.1 Å². The van der Waals surface area contributed by atoms with E-state index in [4.69, 9.17) is 5.73 Å². The first-order chi connectivity index (χ1) is 7.38. The molecule has 0 rings (SSSR count). The van der Waals surface area contributed by atoms with E-state index in [2.05, 4.69) is 10.1 Å². The van der Waals surface area contributed by atoms with Crippen LogP contribution in [0.25, 0.3) is 0 Å². The molecule has 0 radical (unpaired) electrons. The Morgan fingerprint density at radius 3 is 2.38 bits per heavy atom. The lowest BCUT2D eigenvalue weighted by Crippen LogP contribution is -2.55. The maximum Gasteiger partial charge on any atom is 0.328 e. The third-order valence-corrected chi connectivity index (χ3v) is 2.49. The van der Waals surface area contributed by atoms with Crippen molar-refractivity contribution in [3.05, 3.63) is 0 Å². The minimum absolute atomic E-state index is 0.313. The van der Waals surface area contributed by atoms with Gasteiger partial charge in [-0.05, 0) is 19.8 Å². The first kappa shape index (κ1) is 14.9. The summed E-state index contributed by atoms with van der Waals surface area (Å²) in [7, 11) is 1.30. The van der Waals surface area contributed by atoms with E-state index in [1.165, 1.54) is 7.11 Å². The van der Waals surface area contributed by atoms with Crippen molar-refractivity contribution in [1.29, 1.82) is 0 Å². The Hall–Kier alpha value is -1.10. The van der Waals surface area contributed by atoms with Gasteiger partial charge < -0.3 is 15.8 Å². The third-order valence-electron chi connectivity index (χ3n) is 2.49. The minimum atomic E-state index is -0.934. The molecule has 0 aliphatic heterocycles.